The third-order valence-electron chi connectivity index (χ3n) is 3.41. The lowest BCUT2D eigenvalue weighted by atomic mass is 10.1. The summed E-state index contributed by atoms with van der Waals surface area (Å²) in [6.45, 7) is 5.43. The van der Waals surface area contributed by atoms with Gasteiger partial charge in [-0.15, -0.1) is 11.3 Å². The van der Waals surface area contributed by atoms with E-state index in [2.05, 4.69) is 5.32 Å². The van der Waals surface area contributed by atoms with Gasteiger partial charge in [0.25, 0.3) is 5.69 Å². The van der Waals surface area contributed by atoms with E-state index < -0.39 is 17.3 Å². The van der Waals surface area contributed by atoms with Crippen molar-refractivity contribution in [2.45, 2.75) is 45.1 Å². The maximum absolute atomic E-state index is 11.1. The van der Waals surface area contributed by atoms with Gasteiger partial charge in [-0.2, -0.15) is 0 Å². The van der Waals surface area contributed by atoms with Crippen LogP contribution in [-0.4, -0.2) is 41.9 Å². The van der Waals surface area contributed by atoms with Crippen molar-refractivity contribution >= 4 is 17.0 Å². The first-order valence-electron chi connectivity index (χ1n) is 7.38. The molecule has 7 nitrogen and oxygen atoms in total. The Morgan fingerprint density at radius 2 is 2.18 bits per heavy atom. The minimum absolute atomic E-state index is 0.0432. The van der Waals surface area contributed by atoms with Crippen LogP contribution >= 0.6 is 11.3 Å². The van der Waals surface area contributed by atoms with E-state index in [1.165, 1.54) is 16.7 Å². The molecule has 0 spiro atoms. The van der Waals surface area contributed by atoms with Gasteiger partial charge in [-0.1, -0.05) is 13.8 Å². The first-order chi connectivity index (χ1) is 10.5. The van der Waals surface area contributed by atoms with Crippen LogP contribution in [-0.2, 0) is 15.9 Å². The zero-order valence-electron chi connectivity index (χ0n) is 12.8. The highest BCUT2D eigenvalue weighted by molar-refractivity contribution is 7.10. The summed E-state index contributed by atoms with van der Waals surface area (Å²) in [7, 11) is 0. The summed E-state index contributed by atoms with van der Waals surface area (Å²) in [5.74, 6) is 0. The number of hydrogen-bond donors (Lipinski definition) is 2. The van der Waals surface area contributed by atoms with Crippen LogP contribution < -0.4 is 5.32 Å². The lowest BCUT2D eigenvalue weighted by Gasteiger charge is -2.14. The van der Waals surface area contributed by atoms with Crippen molar-refractivity contribution in [1.29, 1.82) is 0 Å². The zero-order chi connectivity index (χ0) is 16.1. The van der Waals surface area contributed by atoms with Crippen molar-refractivity contribution in [2.24, 2.45) is 0 Å². The molecule has 1 aromatic rings. The predicted octanol–water partition coefficient (Wildman–Crippen LogP) is 1.99. The van der Waals surface area contributed by atoms with Crippen LogP contribution in [0.4, 0.5) is 5.69 Å². The van der Waals surface area contributed by atoms with Crippen molar-refractivity contribution in [2.75, 3.05) is 19.8 Å². The summed E-state index contributed by atoms with van der Waals surface area (Å²) in [6.07, 6.45) is -0.0378. The number of aliphatic hydroxyl groups is 1. The van der Waals surface area contributed by atoms with E-state index in [0.29, 0.717) is 44.2 Å². The maximum Gasteiger partial charge on any atom is 0.288 e. The highest BCUT2D eigenvalue weighted by atomic mass is 32.1. The van der Waals surface area contributed by atoms with Crippen LogP contribution in [0, 0.1) is 10.1 Å². The van der Waals surface area contributed by atoms with Crippen LogP contribution in [0.3, 0.4) is 0 Å². The van der Waals surface area contributed by atoms with Gasteiger partial charge < -0.3 is 19.9 Å². The zero-order valence-corrected chi connectivity index (χ0v) is 13.6. The van der Waals surface area contributed by atoms with Gasteiger partial charge in [-0.05, 0) is 12.8 Å². The molecule has 2 N–H and O–H groups in total. The van der Waals surface area contributed by atoms with Crippen molar-refractivity contribution in [3.8, 4) is 0 Å². The molecule has 0 bridgehead atoms. The molecule has 0 saturated carbocycles. The van der Waals surface area contributed by atoms with Crippen molar-refractivity contribution in [1.82, 2.24) is 5.32 Å². The first kappa shape index (κ1) is 17.3. The Bertz CT molecular complexity index is 499. The molecule has 0 amide bonds. The second-order valence-corrected chi connectivity index (χ2v) is 6.51. The molecular weight excluding hydrogens is 308 g/mol. The van der Waals surface area contributed by atoms with E-state index in [9.17, 15) is 15.2 Å². The van der Waals surface area contributed by atoms with Gasteiger partial charge in [0.2, 0.25) is 0 Å². The Hall–Kier alpha value is -1.06. The van der Waals surface area contributed by atoms with Gasteiger partial charge >= 0.3 is 0 Å². The monoisotopic (exact) mass is 330 g/mol. The maximum atomic E-state index is 11.1. The summed E-state index contributed by atoms with van der Waals surface area (Å²) in [6, 6.07) is 0.313. The summed E-state index contributed by atoms with van der Waals surface area (Å²) in [5.41, 5.74) is 0.554. The average molecular weight is 330 g/mol. The predicted molar refractivity (Wildman–Crippen MR) is 83.1 cm³/mol. The van der Waals surface area contributed by atoms with Gasteiger partial charge in [-0.25, -0.2) is 0 Å². The molecule has 22 heavy (non-hydrogen) atoms. The smallest absolute Gasteiger partial charge is 0.288 e. The number of nitrogens with one attached hydrogen (secondary N) is 1. The summed E-state index contributed by atoms with van der Waals surface area (Å²) >= 11 is 1.32. The second-order valence-electron chi connectivity index (χ2n) is 5.54. The van der Waals surface area contributed by atoms with E-state index >= 15 is 0 Å². The van der Waals surface area contributed by atoms with Gasteiger partial charge in [0.05, 0.1) is 35.2 Å². The number of rotatable bonds is 8. The number of nitrogens with zero attached hydrogens (tertiary/aromatic N) is 1. The Morgan fingerprint density at radius 3 is 2.77 bits per heavy atom. The summed E-state index contributed by atoms with van der Waals surface area (Å²) < 4.78 is 10.8. The number of aryl methyl sites for hydroxylation is 1. The third-order valence-corrected chi connectivity index (χ3v) is 4.46. The Balaban J connectivity index is 2.02. The quantitative estimate of drug-likeness (QED) is 0.559. The molecular formula is C14H22N2O5S. The van der Waals surface area contributed by atoms with E-state index in [4.69, 9.17) is 9.47 Å². The summed E-state index contributed by atoms with van der Waals surface area (Å²) in [5, 5.41) is 25.8. The van der Waals surface area contributed by atoms with Crippen LogP contribution in [0.15, 0.2) is 5.38 Å². The van der Waals surface area contributed by atoms with Gasteiger partial charge in [-0.3, -0.25) is 10.1 Å². The molecule has 0 aromatic carbocycles. The number of aliphatic hydroxyl groups excluding tert-OH is 1. The molecule has 124 valence electrons. The molecule has 1 aliphatic heterocycles. The van der Waals surface area contributed by atoms with Gasteiger partial charge in [0, 0.05) is 17.5 Å². The minimum Gasteiger partial charge on any atom is -0.392 e. The molecule has 2 heterocycles. The van der Waals surface area contributed by atoms with Crippen LogP contribution in [0.25, 0.3) is 0 Å². The highest BCUT2D eigenvalue weighted by Crippen LogP contribution is 2.38. The molecule has 1 aliphatic rings. The normalized spacial score (nSPS) is 17.3. The SMILES string of the molecule is CC(C)NCC(O)CCc1scc([N+](=O)[O-])c1C1OCCO1. The lowest BCUT2D eigenvalue weighted by molar-refractivity contribution is -0.386. The molecule has 0 radical (unpaired) electrons. The van der Waals surface area contributed by atoms with Crippen LogP contribution in [0.2, 0.25) is 0 Å². The lowest BCUT2D eigenvalue weighted by Crippen LogP contribution is -2.32. The van der Waals surface area contributed by atoms with Gasteiger partial charge in [0.15, 0.2) is 6.29 Å². The molecule has 0 aliphatic carbocycles. The van der Waals surface area contributed by atoms with Crippen molar-refractivity contribution in [3.63, 3.8) is 0 Å². The van der Waals surface area contributed by atoms with E-state index in [1.54, 1.807) is 0 Å². The topological polar surface area (TPSA) is 93.9 Å². The number of thiophene rings is 1. The van der Waals surface area contributed by atoms with E-state index in [1.807, 2.05) is 13.8 Å². The van der Waals surface area contributed by atoms with Crippen molar-refractivity contribution in [3.05, 3.63) is 25.9 Å². The number of ether oxygens (including phenoxy) is 2. The summed E-state index contributed by atoms with van der Waals surface area (Å²) in [4.78, 5) is 11.6. The Labute approximate surface area is 133 Å². The highest BCUT2D eigenvalue weighted by Gasteiger charge is 2.31. The molecule has 8 heteroatoms. The number of hydrogen-bond acceptors (Lipinski definition) is 7. The molecule has 1 atom stereocenters. The average Bonchev–Trinajstić information content (AvgIpc) is 3.10. The molecule has 2 rings (SSSR count). The fraction of sp³-hybridized carbons (Fsp3) is 0.714. The minimum atomic E-state index is -0.660. The van der Waals surface area contributed by atoms with Crippen LogP contribution in [0.1, 0.15) is 37.0 Å². The molecule has 1 fully saturated rings. The fourth-order valence-corrected chi connectivity index (χ4v) is 3.31. The van der Waals surface area contributed by atoms with Crippen LogP contribution in [0.5, 0.6) is 0 Å². The number of nitro groups is 1. The van der Waals surface area contributed by atoms with Crippen molar-refractivity contribution < 1.29 is 19.5 Å². The first-order valence-corrected chi connectivity index (χ1v) is 8.26. The largest absolute Gasteiger partial charge is 0.392 e. The molecule has 1 unspecified atom stereocenters. The standard InChI is InChI=1S/C14H22N2O5S/c1-9(2)15-7-10(17)3-4-12-13(14-20-5-6-21-14)11(8-22-12)16(18)19/h8-10,14-15,17H,3-7H2,1-2H3. The van der Waals surface area contributed by atoms with E-state index in [0.717, 1.165) is 4.88 Å². The Kier molecular flexibility index (Phi) is 6.27. The van der Waals surface area contributed by atoms with Gasteiger partial charge in [0.1, 0.15) is 0 Å². The van der Waals surface area contributed by atoms with E-state index in [-0.39, 0.29) is 5.69 Å². The second kappa shape index (κ2) is 7.98. The molecule has 1 aromatic heterocycles. The molecule has 1 saturated heterocycles. The fourth-order valence-electron chi connectivity index (χ4n) is 2.28. The Morgan fingerprint density at radius 1 is 1.50 bits per heavy atom. The third kappa shape index (κ3) is 4.47.